The molecular weight excluding hydrogens is 466 g/mol. The number of rotatable bonds is 4. The number of esters is 2. The van der Waals surface area contributed by atoms with Crippen LogP contribution in [0.25, 0.3) is 22.3 Å². The third-order valence-electron chi connectivity index (χ3n) is 6.84. The van der Waals surface area contributed by atoms with E-state index in [1.54, 1.807) is 35.8 Å². The quantitative estimate of drug-likeness (QED) is 0.325. The minimum atomic E-state index is -1.97. The van der Waals surface area contributed by atoms with Crippen molar-refractivity contribution in [3.8, 4) is 17.1 Å². The number of nitrogens with two attached hydrogens (primary N) is 1. The molecule has 0 radical (unpaired) electrons. The summed E-state index contributed by atoms with van der Waals surface area (Å²) in [5, 5.41) is 12.2. The van der Waals surface area contributed by atoms with Crippen molar-refractivity contribution in [1.82, 2.24) is 9.55 Å². The smallest absolute Gasteiger partial charge is 0.355 e. The van der Waals surface area contributed by atoms with Crippen LogP contribution >= 0.6 is 0 Å². The van der Waals surface area contributed by atoms with Gasteiger partial charge in [-0.2, -0.15) is 0 Å². The molecule has 9 nitrogen and oxygen atoms in total. The van der Waals surface area contributed by atoms with E-state index in [0.717, 1.165) is 16.1 Å². The summed E-state index contributed by atoms with van der Waals surface area (Å²) in [6, 6.07) is 6.83. The second kappa shape index (κ2) is 7.75. The molecule has 1 unspecified atom stereocenters. The number of carbonyl (C=O) groups excluding carboxylic acids is 2. The number of fused-ring (bicyclic) bond motifs is 5. The lowest BCUT2D eigenvalue weighted by Gasteiger charge is -2.35. The summed E-state index contributed by atoms with van der Waals surface area (Å²) >= 11 is 0. The van der Waals surface area contributed by atoms with Gasteiger partial charge in [-0.3, -0.25) is 9.59 Å². The van der Waals surface area contributed by atoms with Gasteiger partial charge < -0.3 is 24.9 Å². The van der Waals surface area contributed by atoms with Crippen molar-refractivity contribution in [1.29, 1.82) is 0 Å². The molecule has 3 aromatic rings. The van der Waals surface area contributed by atoms with Gasteiger partial charge in [-0.25, -0.2) is 9.78 Å². The van der Waals surface area contributed by atoms with Crippen LogP contribution in [0.3, 0.4) is 0 Å². The van der Waals surface area contributed by atoms with Gasteiger partial charge in [0.2, 0.25) is 5.60 Å². The molecule has 0 saturated carbocycles. The first-order chi connectivity index (χ1) is 16.5. The van der Waals surface area contributed by atoms with Crippen LogP contribution in [-0.4, -0.2) is 41.2 Å². The van der Waals surface area contributed by atoms with E-state index in [0.29, 0.717) is 29.0 Å². The SMILES string of the molecule is CCC1(OC(=O)CN)C(=O)OCc2c1cc1n(c2=O)Cc2c-1nc1ccc(O)cc1c2[Si](C)(C)C. The third-order valence-corrected chi connectivity index (χ3v) is 8.91. The average Bonchev–Trinajstić information content (AvgIpc) is 3.16. The van der Waals surface area contributed by atoms with Crippen molar-refractivity contribution < 1.29 is 24.2 Å². The highest BCUT2D eigenvalue weighted by Crippen LogP contribution is 2.41. The summed E-state index contributed by atoms with van der Waals surface area (Å²) in [4.78, 5) is 43.7. The number of ether oxygens (including phenoxy) is 2. The molecule has 2 aromatic heterocycles. The molecule has 182 valence electrons. The molecular formula is C25H27N3O6Si. The van der Waals surface area contributed by atoms with Gasteiger partial charge in [-0.05, 0) is 41.4 Å². The van der Waals surface area contributed by atoms with Gasteiger partial charge in [0, 0.05) is 10.9 Å². The van der Waals surface area contributed by atoms with Crippen LogP contribution in [0.5, 0.6) is 5.75 Å². The first-order valence-electron chi connectivity index (χ1n) is 11.5. The number of hydrogen-bond acceptors (Lipinski definition) is 8. The van der Waals surface area contributed by atoms with E-state index in [1.165, 1.54) is 0 Å². The zero-order valence-corrected chi connectivity index (χ0v) is 21.1. The van der Waals surface area contributed by atoms with Gasteiger partial charge in [-0.15, -0.1) is 0 Å². The lowest BCUT2D eigenvalue weighted by atomic mass is 9.85. The minimum Gasteiger partial charge on any atom is -0.508 e. The van der Waals surface area contributed by atoms with E-state index in [-0.39, 0.29) is 29.9 Å². The predicted molar refractivity (Wildman–Crippen MR) is 132 cm³/mol. The molecule has 0 fully saturated rings. The van der Waals surface area contributed by atoms with E-state index in [1.807, 2.05) is 0 Å². The first-order valence-corrected chi connectivity index (χ1v) is 15.0. The van der Waals surface area contributed by atoms with E-state index < -0.39 is 32.2 Å². The second-order valence-corrected chi connectivity index (χ2v) is 15.0. The Morgan fingerprint density at radius 3 is 2.66 bits per heavy atom. The summed E-state index contributed by atoms with van der Waals surface area (Å²) in [7, 11) is -1.97. The van der Waals surface area contributed by atoms with Crippen LogP contribution in [0, 0.1) is 0 Å². The van der Waals surface area contributed by atoms with Gasteiger partial charge >= 0.3 is 11.9 Å². The Morgan fingerprint density at radius 2 is 2.00 bits per heavy atom. The van der Waals surface area contributed by atoms with Crippen molar-refractivity contribution in [2.24, 2.45) is 5.73 Å². The number of aromatic nitrogens is 2. The molecule has 3 N–H and O–H groups in total. The van der Waals surface area contributed by atoms with Crippen LogP contribution in [-0.2, 0) is 37.8 Å². The average molecular weight is 494 g/mol. The molecule has 1 aromatic carbocycles. The van der Waals surface area contributed by atoms with E-state index in [2.05, 4.69) is 19.6 Å². The number of phenolic OH excluding ortho intramolecular Hbond substituents is 1. The molecule has 5 rings (SSSR count). The Hall–Kier alpha value is -3.50. The predicted octanol–water partition coefficient (Wildman–Crippen LogP) is 1.84. The lowest BCUT2D eigenvalue weighted by molar-refractivity contribution is -0.188. The van der Waals surface area contributed by atoms with Crippen LogP contribution in [0.1, 0.15) is 30.0 Å². The molecule has 4 heterocycles. The molecule has 2 aliphatic heterocycles. The van der Waals surface area contributed by atoms with Crippen molar-refractivity contribution in [3.63, 3.8) is 0 Å². The van der Waals surface area contributed by atoms with Gasteiger partial charge in [0.25, 0.3) is 5.56 Å². The van der Waals surface area contributed by atoms with Gasteiger partial charge in [-0.1, -0.05) is 26.6 Å². The number of carbonyl (C=O) groups is 2. The maximum Gasteiger partial charge on any atom is 0.355 e. The standard InChI is InChI=1S/C25H27N3O6Si/c1-5-25(34-20(30)10-26)17-9-19-21-15(11-28(19)23(31)16(17)12-33-24(25)32)22(35(2,3)4)14-8-13(29)6-7-18(14)27-21/h6-9,29H,5,10-12,26H2,1-4H3. The fraction of sp³-hybridized carbons (Fsp3) is 0.360. The summed E-state index contributed by atoms with van der Waals surface area (Å²) in [6.45, 7) is 8.05. The maximum atomic E-state index is 13.7. The fourth-order valence-electron chi connectivity index (χ4n) is 5.32. The van der Waals surface area contributed by atoms with Crippen molar-refractivity contribution in [2.75, 3.05) is 6.54 Å². The Labute approximate surface area is 202 Å². The number of hydrogen-bond donors (Lipinski definition) is 2. The molecule has 0 amide bonds. The third kappa shape index (κ3) is 3.31. The zero-order chi connectivity index (χ0) is 25.3. The number of benzene rings is 1. The lowest BCUT2D eigenvalue weighted by Crippen LogP contribution is -2.48. The molecule has 10 heteroatoms. The summed E-state index contributed by atoms with van der Waals surface area (Å²) < 4.78 is 12.5. The van der Waals surface area contributed by atoms with Crippen molar-refractivity contribution in [2.45, 2.75) is 51.7 Å². The van der Waals surface area contributed by atoms with E-state index >= 15 is 0 Å². The molecule has 2 aliphatic rings. The molecule has 0 aliphatic carbocycles. The Kier molecular flexibility index (Phi) is 5.15. The van der Waals surface area contributed by atoms with E-state index in [4.69, 9.17) is 20.2 Å². The van der Waals surface area contributed by atoms with Crippen LogP contribution in [0.15, 0.2) is 29.1 Å². The van der Waals surface area contributed by atoms with Crippen LogP contribution in [0.2, 0.25) is 19.6 Å². The number of phenols is 1. The van der Waals surface area contributed by atoms with Gasteiger partial charge in [0.1, 0.15) is 12.4 Å². The summed E-state index contributed by atoms with van der Waals surface area (Å²) in [5.74, 6) is -1.32. The van der Waals surface area contributed by atoms with Crippen molar-refractivity contribution in [3.05, 3.63) is 51.3 Å². The topological polar surface area (TPSA) is 134 Å². The normalized spacial score (nSPS) is 18.6. The van der Waals surface area contributed by atoms with Gasteiger partial charge in [0.05, 0.1) is 43.6 Å². The minimum absolute atomic E-state index is 0.0882. The first kappa shape index (κ1) is 23.2. The second-order valence-electron chi connectivity index (χ2n) is 10.0. The molecule has 35 heavy (non-hydrogen) atoms. The van der Waals surface area contributed by atoms with Crippen molar-refractivity contribution >= 4 is 36.1 Å². The highest BCUT2D eigenvalue weighted by Gasteiger charge is 2.50. The largest absolute Gasteiger partial charge is 0.508 e. The Bertz CT molecular complexity index is 1490. The zero-order valence-electron chi connectivity index (χ0n) is 20.1. The number of nitrogens with zero attached hydrogens (tertiary/aromatic N) is 2. The molecule has 0 saturated heterocycles. The van der Waals surface area contributed by atoms with Crippen LogP contribution in [0.4, 0.5) is 0 Å². The molecule has 1 atom stereocenters. The van der Waals surface area contributed by atoms with Crippen LogP contribution < -0.4 is 16.5 Å². The summed E-state index contributed by atoms with van der Waals surface area (Å²) in [5.41, 5.74) is 6.89. The molecule has 0 spiro atoms. The maximum absolute atomic E-state index is 13.7. The Morgan fingerprint density at radius 1 is 1.26 bits per heavy atom. The summed E-state index contributed by atoms with van der Waals surface area (Å²) in [6.07, 6.45) is 0.0882. The van der Waals surface area contributed by atoms with Gasteiger partial charge in [0.15, 0.2) is 0 Å². The monoisotopic (exact) mass is 493 g/mol. The van der Waals surface area contributed by atoms with E-state index in [9.17, 15) is 19.5 Å². The number of cyclic esters (lactones) is 1. The highest BCUT2D eigenvalue weighted by atomic mass is 28.3. The number of pyridine rings is 2. The number of aromatic hydroxyl groups is 1. The highest BCUT2D eigenvalue weighted by molar-refractivity contribution is 6.90. The fourth-order valence-corrected chi connectivity index (χ4v) is 7.43. The molecule has 0 bridgehead atoms. The Balaban J connectivity index is 1.83.